The summed E-state index contributed by atoms with van der Waals surface area (Å²) in [4.78, 5) is 13.8. The number of hydrogen-bond acceptors (Lipinski definition) is 3. The molecule has 0 bridgehead atoms. The third-order valence-electron chi connectivity index (χ3n) is 5.67. The Bertz CT molecular complexity index is 923. The van der Waals surface area contributed by atoms with Crippen molar-refractivity contribution in [3.63, 3.8) is 0 Å². The van der Waals surface area contributed by atoms with Crippen LogP contribution in [-0.2, 0) is 28.4 Å². The molecular weight excluding hydrogens is 436 g/mol. The molecule has 174 valence electrons. The minimum atomic E-state index is -4.46. The van der Waals surface area contributed by atoms with Gasteiger partial charge in [0.15, 0.2) is 0 Å². The van der Waals surface area contributed by atoms with Crippen molar-refractivity contribution in [2.24, 2.45) is 5.92 Å². The number of nitrogens with zero attached hydrogens (tertiary/aromatic N) is 1. The lowest BCUT2D eigenvalue weighted by molar-refractivity contribution is -0.142. The van der Waals surface area contributed by atoms with Crippen molar-refractivity contribution in [2.45, 2.75) is 37.7 Å². The third-order valence-corrected chi connectivity index (χ3v) is 5.67. The predicted molar refractivity (Wildman–Crippen MR) is 106 cm³/mol. The van der Waals surface area contributed by atoms with Gasteiger partial charge in [0.25, 0.3) is 0 Å². The number of rotatable bonds is 5. The van der Waals surface area contributed by atoms with E-state index in [-0.39, 0.29) is 18.3 Å². The molecule has 1 aliphatic rings. The molecule has 0 aromatic heterocycles. The number of hydrogen-bond donors (Lipinski definition) is 0. The Morgan fingerprint density at radius 1 is 0.969 bits per heavy atom. The molecule has 0 spiro atoms. The Morgan fingerprint density at radius 3 is 2.22 bits per heavy atom. The van der Waals surface area contributed by atoms with E-state index in [0.29, 0.717) is 37.2 Å². The summed E-state index contributed by atoms with van der Waals surface area (Å²) in [7, 11) is 1.27. The SMILES string of the molecule is COC(=O)C[C@H]1C[C@H](c2cccc(C(F)(F)F)c2)CN(Cc2ccc(C(F)(F)F)cc2)C1. The predicted octanol–water partition coefficient (Wildman–Crippen LogP) is 5.89. The zero-order valence-electron chi connectivity index (χ0n) is 17.3. The van der Waals surface area contributed by atoms with Crippen LogP contribution in [0.25, 0.3) is 0 Å². The lowest BCUT2D eigenvalue weighted by atomic mass is 9.82. The van der Waals surface area contributed by atoms with Gasteiger partial charge in [0.2, 0.25) is 0 Å². The highest BCUT2D eigenvalue weighted by molar-refractivity contribution is 5.69. The molecule has 2 aromatic rings. The number of methoxy groups -OCH3 is 1. The quantitative estimate of drug-likeness (QED) is 0.412. The van der Waals surface area contributed by atoms with Gasteiger partial charge in [-0.25, -0.2) is 0 Å². The molecule has 3 rings (SSSR count). The van der Waals surface area contributed by atoms with E-state index in [1.54, 1.807) is 6.07 Å². The van der Waals surface area contributed by atoms with Crippen molar-refractivity contribution in [3.05, 3.63) is 70.8 Å². The first-order valence-corrected chi connectivity index (χ1v) is 10.1. The fourth-order valence-electron chi connectivity index (χ4n) is 4.17. The van der Waals surface area contributed by atoms with Crippen LogP contribution in [0.15, 0.2) is 48.5 Å². The normalized spacial score (nSPS) is 20.2. The van der Waals surface area contributed by atoms with Crippen LogP contribution in [0.2, 0.25) is 0 Å². The molecule has 2 atom stereocenters. The Kier molecular flexibility index (Phi) is 7.17. The molecule has 32 heavy (non-hydrogen) atoms. The van der Waals surface area contributed by atoms with Crippen molar-refractivity contribution in [1.82, 2.24) is 4.90 Å². The Labute approximate surface area is 182 Å². The van der Waals surface area contributed by atoms with Crippen molar-refractivity contribution >= 4 is 5.97 Å². The van der Waals surface area contributed by atoms with Crippen LogP contribution < -0.4 is 0 Å². The fourth-order valence-corrected chi connectivity index (χ4v) is 4.17. The number of esters is 1. The summed E-state index contributed by atoms with van der Waals surface area (Å²) in [6, 6.07) is 9.95. The molecule has 0 unspecified atom stereocenters. The van der Waals surface area contributed by atoms with Crippen LogP contribution in [0, 0.1) is 5.92 Å². The Balaban J connectivity index is 1.81. The van der Waals surface area contributed by atoms with Gasteiger partial charge < -0.3 is 4.74 Å². The van der Waals surface area contributed by atoms with Crippen LogP contribution in [0.3, 0.4) is 0 Å². The molecule has 0 amide bonds. The highest BCUT2D eigenvalue weighted by Crippen LogP contribution is 2.36. The number of piperidine rings is 1. The van der Waals surface area contributed by atoms with Crippen LogP contribution in [0.5, 0.6) is 0 Å². The number of alkyl halides is 6. The molecule has 0 N–H and O–H groups in total. The molecule has 9 heteroatoms. The van der Waals surface area contributed by atoms with Gasteiger partial charge in [0.05, 0.1) is 18.2 Å². The highest BCUT2D eigenvalue weighted by Gasteiger charge is 2.34. The van der Waals surface area contributed by atoms with Crippen molar-refractivity contribution in [3.8, 4) is 0 Å². The smallest absolute Gasteiger partial charge is 0.416 e. The van der Waals surface area contributed by atoms with E-state index in [1.807, 2.05) is 4.90 Å². The summed E-state index contributed by atoms with van der Waals surface area (Å²) in [6.45, 7) is 1.25. The average molecular weight is 459 g/mol. The van der Waals surface area contributed by atoms with Gasteiger partial charge >= 0.3 is 18.3 Å². The second-order valence-electron chi connectivity index (χ2n) is 8.09. The summed E-state index contributed by atoms with van der Waals surface area (Å²) in [5.74, 6) is -0.811. The maximum atomic E-state index is 13.2. The number of carbonyl (C=O) groups excluding carboxylic acids is 1. The van der Waals surface area contributed by atoms with Crippen molar-refractivity contribution in [2.75, 3.05) is 20.2 Å². The second kappa shape index (κ2) is 9.52. The summed E-state index contributed by atoms with van der Waals surface area (Å²) in [6.07, 6.45) is -8.25. The lowest BCUT2D eigenvalue weighted by Gasteiger charge is -2.38. The Hall–Kier alpha value is -2.55. The van der Waals surface area contributed by atoms with E-state index in [1.165, 1.54) is 25.3 Å². The summed E-state index contributed by atoms with van der Waals surface area (Å²) >= 11 is 0. The number of halogens is 6. The molecular formula is C23H23F6NO2. The van der Waals surface area contributed by atoms with Crippen LogP contribution in [0.1, 0.15) is 41.0 Å². The van der Waals surface area contributed by atoms with Crippen LogP contribution >= 0.6 is 0 Å². The van der Waals surface area contributed by atoms with E-state index < -0.39 is 29.4 Å². The Morgan fingerprint density at radius 2 is 1.62 bits per heavy atom. The maximum absolute atomic E-state index is 13.2. The second-order valence-corrected chi connectivity index (χ2v) is 8.09. The first-order valence-electron chi connectivity index (χ1n) is 10.1. The number of ether oxygens (including phenoxy) is 1. The number of carbonyl (C=O) groups is 1. The summed E-state index contributed by atoms with van der Waals surface area (Å²) in [5, 5.41) is 0. The van der Waals surface area contributed by atoms with Crippen LogP contribution in [0.4, 0.5) is 26.3 Å². The van der Waals surface area contributed by atoms with E-state index in [9.17, 15) is 31.1 Å². The molecule has 1 heterocycles. The van der Waals surface area contributed by atoms with Crippen molar-refractivity contribution < 1.29 is 35.9 Å². The van der Waals surface area contributed by atoms with Gasteiger partial charge in [0.1, 0.15) is 0 Å². The topological polar surface area (TPSA) is 29.5 Å². The number of likely N-dealkylation sites (tertiary alicyclic amines) is 1. The minimum absolute atomic E-state index is 0.121. The van der Waals surface area contributed by atoms with Gasteiger partial charge in [-0.3, -0.25) is 9.69 Å². The van der Waals surface area contributed by atoms with E-state index in [0.717, 1.165) is 24.3 Å². The van der Waals surface area contributed by atoms with E-state index in [2.05, 4.69) is 0 Å². The molecule has 0 radical (unpaired) electrons. The van der Waals surface area contributed by atoms with Gasteiger partial charge in [-0.15, -0.1) is 0 Å². The van der Waals surface area contributed by atoms with Gasteiger partial charge in [0, 0.05) is 26.1 Å². The molecule has 0 saturated carbocycles. The monoisotopic (exact) mass is 459 g/mol. The van der Waals surface area contributed by atoms with Gasteiger partial charge in [-0.1, -0.05) is 30.3 Å². The first kappa shape index (κ1) is 24.1. The van der Waals surface area contributed by atoms with Gasteiger partial charge in [-0.05, 0) is 47.6 Å². The van der Waals surface area contributed by atoms with Gasteiger partial charge in [-0.2, -0.15) is 26.3 Å². The molecule has 2 aromatic carbocycles. The van der Waals surface area contributed by atoms with Crippen LogP contribution in [-0.4, -0.2) is 31.1 Å². The molecule has 3 nitrogen and oxygen atoms in total. The van der Waals surface area contributed by atoms with Crippen molar-refractivity contribution in [1.29, 1.82) is 0 Å². The standard InChI is InChI=1S/C23H23F6NO2/c1-32-21(31)10-16-9-18(17-3-2-4-20(11-17)23(27,28)29)14-30(13-16)12-15-5-7-19(8-6-15)22(24,25)26/h2-8,11,16,18H,9-10,12-14H2,1H3/t16-,18+/m1/s1. The molecule has 1 saturated heterocycles. The minimum Gasteiger partial charge on any atom is -0.469 e. The van der Waals surface area contributed by atoms with E-state index in [4.69, 9.17) is 4.74 Å². The first-order chi connectivity index (χ1) is 15.0. The molecule has 0 aliphatic carbocycles. The summed E-state index contributed by atoms with van der Waals surface area (Å²) in [5.41, 5.74) is -0.309. The maximum Gasteiger partial charge on any atom is 0.416 e. The summed E-state index contributed by atoms with van der Waals surface area (Å²) < 4.78 is 82.6. The zero-order chi connectivity index (χ0) is 23.5. The zero-order valence-corrected chi connectivity index (χ0v) is 17.3. The largest absolute Gasteiger partial charge is 0.469 e. The third kappa shape index (κ3) is 6.25. The number of benzene rings is 2. The molecule has 1 aliphatic heterocycles. The van der Waals surface area contributed by atoms with E-state index >= 15 is 0 Å². The fraction of sp³-hybridized carbons (Fsp3) is 0.435. The lowest BCUT2D eigenvalue weighted by Crippen LogP contribution is -2.40. The molecule has 1 fully saturated rings. The average Bonchev–Trinajstić information content (AvgIpc) is 2.72. The highest BCUT2D eigenvalue weighted by atomic mass is 19.4.